The zero-order valence-corrected chi connectivity index (χ0v) is 11.3. The number of hydrogen-bond acceptors (Lipinski definition) is 5. The van der Waals surface area contributed by atoms with Crippen LogP contribution in [0.4, 0.5) is 0 Å². The number of aliphatic hydroxyl groups excluding tert-OH is 1. The maximum absolute atomic E-state index is 11.1. The van der Waals surface area contributed by atoms with Crippen LogP contribution in [0, 0.1) is 5.41 Å². The minimum absolute atomic E-state index is 0.335. The van der Waals surface area contributed by atoms with Crippen LogP contribution in [-0.2, 0) is 9.53 Å². The van der Waals surface area contributed by atoms with Gasteiger partial charge in [0.15, 0.2) is 0 Å². The molecule has 1 amide bonds. The van der Waals surface area contributed by atoms with Gasteiger partial charge >= 0.3 is 0 Å². The summed E-state index contributed by atoms with van der Waals surface area (Å²) in [4.78, 5) is 13.3. The molecular weight excluding hydrogens is 234 g/mol. The first kappa shape index (κ1) is 15.4. The molecule has 0 radical (unpaired) electrons. The van der Waals surface area contributed by atoms with E-state index in [1.54, 1.807) is 13.8 Å². The number of nitrogens with two attached hydrogens (primary N) is 1. The molecule has 0 aromatic heterocycles. The van der Waals surface area contributed by atoms with E-state index in [1.807, 2.05) is 0 Å². The van der Waals surface area contributed by atoms with Gasteiger partial charge in [-0.05, 0) is 13.8 Å². The molecule has 1 heterocycles. The van der Waals surface area contributed by atoms with Gasteiger partial charge in [-0.25, -0.2) is 0 Å². The molecule has 1 fully saturated rings. The van der Waals surface area contributed by atoms with E-state index in [2.05, 4.69) is 10.2 Å². The van der Waals surface area contributed by atoms with Gasteiger partial charge in [0.2, 0.25) is 5.91 Å². The third kappa shape index (κ3) is 5.30. The average molecular weight is 259 g/mol. The molecule has 0 saturated carbocycles. The van der Waals surface area contributed by atoms with Crippen LogP contribution in [-0.4, -0.2) is 68.0 Å². The number of amides is 1. The number of rotatable bonds is 7. The van der Waals surface area contributed by atoms with Crippen LogP contribution < -0.4 is 11.1 Å². The van der Waals surface area contributed by atoms with Crippen molar-refractivity contribution in [3.8, 4) is 0 Å². The number of carbonyl (C=O) groups is 1. The first-order valence-corrected chi connectivity index (χ1v) is 6.40. The number of morpholine rings is 1. The lowest BCUT2D eigenvalue weighted by atomic mass is 9.93. The summed E-state index contributed by atoms with van der Waals surface area (Å²) in [6.45, 7) is 8.34. The van der Waals surface area contributed by atoms with E-state index in [1.165, 1.54) is 0 Å². The van der Waals surface area contributed by atoms with Crippen molar-refractivity contribution in [3.05, 3.63) is 0 Å². The van der Waals surface area contributed by atoms with Crippen LogP contribution in [0.15, 0.2) is 0 Å². The Morgan fingerprint density at radius 2 is 2.11 bits per heavy atom. The van der Waals surface area contributed by atoms with Gasteiger partial charge in [0, 0.05) is 32.7 Å². The van der Waals surface area contributed by atoms with E-state index >= 15 is 0 Å². The highest BCUT2D eigenvalue weighted by atomic mass is 16.5. The van der Waals surface area contributed by atoms with Gasteiger partial charge in [0.25, 0.3) is 0 Å². The normalized spacial score (nSPS) is 19.7. The van der Waals surface area contributed by atoms with E-state index in [9.17, 15) is 9.90 Å². The Hall–Kier alpha value is -0.690. The molecule has 6 heteroatoms. The van der Waals surface area contributed by atoms with Crippen LogP contribution in [0.25, 0.3) is 0 Å². The fourth-order valence-electron chi connectivity index (χ4n) is 1.78. The molecule has 0 aromatic rings. The molecule has 1 aliphatic heterocycles. The second-order valence-electron chi connectivity index (χ2n) is 5.45. The Kier molecular flexibility index (Phi) is 6.01. The molecule has 1 atom stereocenters. The number of aliphatic hydroxyl groups is 1. The van der Waals surface area contributed by atoms with Gasteiger partial charge in [-0.2, -0.15) is 0 Å². The van der Waals surface area contributed by atoms with Crippen molar-refractivity contribution in [2.24, 2.45) is 11.1 Å². The predicted molar refractivity (Wildman–Crippen MR) is 69.1 cm³/mol. The van der Waals surface area contributed by atoms with Crippen LogP contribution in [0.2, 0.25) is 0 Å². The molecule has 4 N–H and O–H groups in total. The molecule has 0 bridgehead atoms. The van der Waals surface area contributed by atoms with Crippen molar-refractivity contribution in [1.82, 2.24) is 10.2 Å². The first-order valence-electron chi connectivity index (χ1n) is 6.40. The number of β-amino-alcohol motifs (C(OH)–C–C–N with tert-alkyl or cyclic N) is 1. The van der Waals surface area contributed by atoms with Gasteiger partial charge in [-0.1, -0.05) is 0 Å². The molecule has 0 spiro atoms. The SMILES string of the molecule is CC(C)(CNCC(O)CN1CCOCC1)C(N)=O. The molecule has 6 nitrogen and oxygen atoms in total. The summed E-state index contributed by atoms with van der Waals surface area (Å²) in [5.74, 6) is -0.335. The number of ether oxygens (including phenoxy) is 1. The van der Waals surface area contributed by atoms with Crippen LogP contribution in [0.5, 0.6) is 0 Å². The molecule has 1 saturated heterocycles. The molecule has 18 heavy (non-hydrogen) atoms. The van der Waals surface area contributed by atoms with Gasteiger partial charge < -0.3 is 20.9 Å². The van der Waals surface area contributed by atoms with Crippen molar-refractivity contribution >= 4 is 5.91 Å². The molecule has 106 valence electrons. The number of carbonyl (C=O) groups excluding carboxylic acids is 1. The minimum Gasteiger partial charge on any atom is -0.390 e. The lowest BCUT2D eigenvalue weighted by molar-refractivity contribution is -0.125. The topological polar surface area (TPSA) is 87.8 Å². The minimum atomic E-state index is -0.585. The van der Waals surface area contributed by atoms with Crippen molar-refractivity contribution in [2.75, 3.05) is 45.9 Å². The fourth-order valence-corrected chi connectivity index (χ4v) is 1.78. The van der Waals surface area contributed by atoms with Gasteiger partial charge in [-0.3, -0.25) is 9.69 Å². The van der Waals surface area contributed by atoms with Gasteiger partial charge in [0.1, 0.15) is 0 Å². The standard InChI is InChI=1S/C12H25N3O3/c1-12(2,11(13)17)9-14-7-10(16)8-15-3-5-18-6-4-15/h10,14,16H,3-9H2,1-2H3,(H2,13,17). The van der Waals surface area contributed by atoms with Crippen molar-refractivity contribution in [1.29, 1.82) is 0 Å². The molecule has 1 unspecified atom stereocenters. The zero-order valence-electron chi connectivity index (χ0n) is 11.3. The Bertz CT molecular complexity index is 265. The lowest BCUT2D eigenvalue weighted by Gasteiger charge is -2.29. The van der Waals surface area contributed by atoms with E-state index in [0.29, 0.717) is 19.6 Å². The van der Waals surface area contributed by atoms with E-state index in [-0.39, 0.29) is 5.91 Å². The smallest absolute Gasteiger partial charge is 0.224 e. The Morgan fingerprint density at radius 1 is 1.50 bits per heavy atom. The van der Waals surface area contributed by atoms with Crippen LogP contribution >= 0.6 is 0 Å². The maximum Gasteiger partial charge on any atom is 0.224 e. The predicted octanol–water partition coefficient (Wildman–Crippen LogP) is -1.22. The second kappa shape index (κ2) is 7.04. The quantitative estimate of drug-likeness (QED) is 0.533. The summed E-state index contributed by atoms with van der Waals surface area (Å²) in [5, 5.41) is 13.0. The third-order valence-corrected chi connectivity index (χ3v) is 3.19. The highest BCUT2D eigenvalue weighted by Gasteiger charge is 2.24. The van der Waals surface area contributed by atoms with E-state index < -0.39 is 11.5 Å². The van der Waals surface area contributed by atoms with E-state index in [4.69, 9.17) is 10.5 Å². The van der Waals surface area contributed by atoms with Gasteiger partial charge in [-0.15, -0.1) is 0 Å². The lowest BCUT2D eigenvalue weighted by Crippen LogP contribution is -2.46. The number of primary amides is 1. The molecular formula is C12H25N3O3. The van der Waals surface area contributed by atoms with Crippen molar-refractivity contribution < 1.29 is 14.6 Å². The zero-order chi connectivity index (χ0) is 13.6. The molecule has 1 rings (SSSR count). The summed E-state index contributed by atoms with van der Waals surface area (Å²) in [7, 11) is 0. The Morgan fingerprint density at radius 3 is 2.67 bits per heavy atom. The van der Waals surface area contributed by atoms with Gasteiger partial charge in [0.05, 0.1) is 24.7 Å². The second-order valence-corrected chi connectivity index (χ2v) is 5.45. The maximum atomic E-state index is 11.1. The Labute approximate surface area is 108 Å². The third-order valence-electron chi connectivity index (χ3n) is 3.19. The monoisotopic (exact) mass is 259 g/mol. The Balaban J connectivity index is 2.16. The first-order chi connectivity index (χ1) is 8.42. The van der Waals surface area contributed by atoms with Crippen LogP contribution in [0.1, 0.15) is 13.8 Å². The van der Waals surface area contributed by atoms with Crippen LogP contribution in [0.3, 0.4) is 0 Å². The summed E-state index contributed by atoms with van der Waals surface area (Å²) >= 11 is 0. The molecule has 1 aliphatic rings. The van der Waals surface area contributed by atoms with Crippen molar-refractivity contribution in [3.63, 3.8) is 0 Å². The fraction of sp³-hybridized carbons (Fsp3) is 0.917. The summed E-state index contributed by atoms with van der Waals surface area (Å²) in [6.07, 6.45) is -0.438. The van der Waals surface area contributed by atoms with Crippen molar-refractivity contribution in [2.45, 2.75) is 20.0 Å². The average Bonchev–Trinajstić information content (AvgIpc) is 2.29. The number of nitrogens with one attached hydrogen (secondary N) is 1. The number of nitrogens with zero attached hydrogens (tertiary/aromatic N) is 1. The highest BCUT2D eigenvalue weighted by Crippen LogP contribution is 2.11. The molecule has 0 aliphatic carbocycles. The molecule has 0 aromatic carbocycles. The summed E-state index contributed by atoms with van der Waals surface area (Å²) < 4.78 is 5.24. The van der Waals surface area contributed by atoms with E-state index in [0.717, 1.165) is 26.3 Å². The summed E-state index contributed by atoms with van der Waals surface area (Å²) in [6, 6.07) is 0. The summed E-state index contributed by atoms with van der Waals surface area (Å²) in [5.41, 5.74) is 4.69. The largest absolute Gasteiger partial charge is 0.390 e. The highest BCUT2D eigenvalue weighted by molar-refractivity contribution is 5.80. The number of hydrogen-bond donors (Lipinski definition) is 3.